The highest BCUT2D eigenvalue weighted by molar-refractivity contribution is 7.91. The van der Waals surface area contributed by atoms with Crippen LogP contribution in [0.25, 0.3) is 0 Å². The number of rotatable bonds is 4. The lowest BCUT2D eigenvalue weighted by atomic mass is 9.79. The van der Waals surface area contributed by atoms with E-state index in [1.807, 2.05) is 0 Å². The van der Waals surface area contributed by atoms with Crippen LogP contribution in [0.15, 0.2) is 0 Å². The van der Waals surface area contributed by atoms with Crippen LogP contribution in [-0.4, -0.2) is 43.2 Å². The summed E-state index contributed by atoms with van der Waals surface area (Å²) in [4.78, 5) is 0. The van der Waals surface area contributed by atoms with Crippen LogP contribution < -0.4 is 5.32 Å². The summed E-state index contributed by atoms with van der Waals surface area (Å²) >= 11 is 0. The molecule has 5 heteroatoms. The van der Waals surface area contributed by atoms with Crippen LogP contribution in [0.1, 0.15) is 51.9 Å². The van der Waals surface area contributed by atoms with Crippen molar-refractivity contribution in [3.05, 3.63) is 0 Å². The highest BCUT2D eigenvalue weighted by Crippen LogP contribution is 2.32. The van der Waals surface area contributed by atoms with Gasteiger partial charge in [0, 0.05) is 18.8 Å². The van der Waals surface area contributed by atoms with Crippen molar-refractivity contribution in [2.75, 3.05) is 12.8 Å². The van der Waals surface area contributed by atoms with Gasteiger partial charge in [-0.2, -0.15) is 0 Å². The van der Waals surface area contributed by atoms with E-state index in [9.17, 15) is 13.5 Å². The Bertz CT molecular complexity index is 409. The second-order valence-electron chi connectivity index (χ2n) is 6.71. The molecule has 2 rings (SSSR count). The molecule has 0 bridgehead atoms. The quantitative estimate of drug-likeness (QED) is 0.823. The third-order valence-corrected chi connectivity index (χ3v) is 6.43. The van der Waals surface area contributed by atoms with Gasteiger partial charge in [0.2, 0.25) is 0 Å². The molecule has 4 atom stereocenters. The Labute approximate surface area is 116 Å². The normalized spacial score (nSPS) is 40.5. The molecular weight excluding hydrogens is 262 g/mol. The highest BCUT2D eigenvalue weighted by Gasteiger charge is 2.38. The lowest BCUT2D eigenvalue weighted by molar-refractivity contribution is -0.0135. The average molecular weight is 289 g/mol. The first-order chi connectivity index (χ1) is 8.80. The molecule has 0 aliphatic heterocycles. The average Bonchev–Trinajstić information content (AvgIpc) is 2.74. The summed E-state index contributed by atoms with van der Waals surface area (Å²) in [7, 11) is -2.98. The van der Waals surface area contributed by atoms with Crippen molar-refractivity contribution in [2.24, 2.45) is 5.92 Å². The Morgan fingerprint density at radius 2 is 2.00 bits per heavy atom. The number of sulfone groups is 1. The molecule has 2 fully saturated rings. The molecule has 2 aliphatic carbocycles. The standard InChI is InChI=1S/C14H27NO3S/c1-11-5-4-8-14(16,9-11)10-15-12-6-3-7-13(12)19(2,17)18/h11-13,15-16H,3-10H2,1-2H3. The topological polar surface area (TPSA) is 66.4 Å². The van der Waals surface area contributed by atoms with Gasteiger partial charge in [0.05, 0.1) is 10.9 Å². The zero-order valence-electron chi connectivity index (χ0n) is 12.1. The largest absolute Gasteiger partial charge is 0.389 e. The summed E-state index contributed by atoms with van der Waals surface area (Å²) < 4.78 is 23.4. The van der Waals surface area contributed by atoms with E-state index in [2.05, 4.69) is 12.2 Å². The summed E-state index contributed by atoms with van der Waals surface area (Å²) in [6, 6.07) is 0.0243. The predicted octanol–water partition coefficient (Wildman–Crippen LogP) is 1.48. The highest BCUT2D eigenvalue weighted by atomic mass is 32.2. The van der Waals surface area contributed by atoms with Crippen molar-refractivity contribution in [1.29, 1.82) is 0 Å². The molecule has 0 spiro atoms. The van der Waals surface area contributed by atoms with Crippen LogP contribution in [0.5, 0.6) is 0 Å². The van der Waals surface area contributed by atoms with Crippen molar-refractivity contribution < 1.29 is 13.5 Å². The van der Waals surface area contributed by atoms with Crippen molar-refractivity contribution in [3.8, 4) is 0 Å². The second-order valence-corrected chi connectivity index (χ2v) is 8.98. The van der Waals surface area contributed by atoms with E-state index in [1.165, 1.54) is 12.7 Å². The summed E-state index contributed by atoms with van der Waals surface area (Å²) in [5.74, 6) is 0.565. The Kier molecular flexibility index (Phi) is 4.58. The summed E-state index contributed by atoms with van der Waals surface area (Å²) in [6.07, 6.45) is 7.88. The maximum Gasteiger partial charge on any atom is 0.151 e. The van der Waals surface area contributed by atoms with Crippen molar-refractivity contribution in [3.63, 3.8) is 0 Å². The maximum atomic E-state index is 11.7. The van der Waals surface area contributed by atoms with Gasteiger partial charge in [-0.1, -0.05) is 26.2 Å². The number of hydrogen-bond donors (Lipinski definition) is 2. The van der Waals surface area contributed by atoms with Gasteiger partial charge >= 0.3 is 0 Å². The molecule has 2 saturated carbocycles. The molecule has 112 valence electrons. The fourth-order valence-corrected chi connectivity index (χ4v) is 5.21. The smallest absolute Gasteiger partial charge is 0.151 e. The van der Waals surface area contributed by atoms with E-state index >= 15 is 0 Å². The minimum Gasteiger partial charge on any atom is -0.389 e. The van der Waals surface area contributed by atoms with Crippen LogP contribution in [0.4, 0.5) is 0 Å². The zero-order chi connectivity index (χ0) is 14.1. The number of hydrogen-bond acceptors (Lipinski definition) is 4. The van der Waals surface area contributed by atoms with Gasteiger partial charge in [-0.15, -0.1) is 0 Å². The molecule has 0 heterocycles. The Morgan fingerprint density at radius 1 is 1.26 bits per heavy atom. The Morgan fingerprint density at radius 3 is 2.63 bits per heavy atom. The molecule has 2 N–H and O–H groups in total. The zero-order valence-corrected chi connectivity index (χ0v) is 12.9. The van der Waals surface area contributed by atoms with Crippen LogP contribution in [-0.2, 0) is 9.84 Å². The maximum absolute atomic E-state index is 11.7. The first kappa shape index (κ1) is 15.3. The van der Waals surface area contributed by atoms with E-state index in [0.29, 0.717) is 12.5 Å². The summed E-state index contributed by atoms with van der Waals surface area (Å²) in [5, 5.41) is 13.7. The third-order valence-electron chi connectivity index (χ3n) is 4.76. The minimum absolute atomic E-state index is 0.0243. The molecule has 4 nitrogen and oxygen atoms in total. The van der Waals surface area contributed by atoms with Gasteiger partial charge < -0.3 is 10.4 Å². The SMILES string of the molecule is CC1CCCC(O)(CNC2CCCC2S(C)(=O)=O)C1. The van der Waals surface area contributed by atoms with Gasteiger partial charge in [-0.05, 0) is 31.6 Å². The van der Waals surface area contributed by atoms with Crippen molar-refractivity contribution in [2.45, 2.75) is 68.8 Å². The monoisotopic (exact) mass is 289 g/mol. The molecular formula is C14H27NO3S. The van der Waals surface area contributed by atoms with E-state index in [4.69, 9.17) is 0 Å². The molecule has 0 saturated heterocycles. The van der Waals surface area contributed by atoms with Crippen LogP contribution in [0.2, 0.25) is 0 Å². The minimum atomic E-state index is -2.98. The van der Waals surface area contributed by atoms with Gasteiger partial charge in [-0.3, -0.25) is 0 Å². The van der Waals surface area contributed by atoms with Crippen LogP contribution in [0, 0.1) is 5.92 Å². The van der Waals surface area contributed by atoms with Crippen LogP contribution >= 0.6 is 0 Å². The molecule has 19 heavy (non-hydrogen) atoms. The summed E-state index contributed by atoms with van der Waals surface area (Å²) in [5.41, 5.74) is -0.637. The molecule has 0 aromatic heterocycles. The van der Waals surface area contributed by atoms with Crippen molar-refractivity contribution >= 4 is 9.84 Å². The molecule has 0 aromatic carbocycles. The van der Waals surface area contributed by atoms with Gasteiger partial charge in [0.15, 0.2) is 9.84 Å². The lowest BCUT2D eigenvalue weighted by Crippen LogP contribution is -2.50. The lowest BCUT2D eigenvalue weighted by Gasteiger charge is -2.37. The van der Waals surface area contributed by atoms with Gasteiger partial charge in [-0.25, -0.2) is 8.42 Å². The van der Waals surface area contributed by atoms with Crippen molar-refractivity contribution in [1.82, 2.24) is 5.32 Å². The fraction of sp³-hybridized carbons (Fsp3) is 1.00. The first-order valence-electron chi connectivity index (χ1n) is 7.45. The van der Waals surface area contributed by atoms with E-state index < -0.39 is 15.4 Å². The van der Waals surface area contributed by atoms with E-state index in [1.54, 1.807) is 0 Å². The Balaban J connectivity index is 1.91. The van der Waals surface area contributed by atoms with Crippen LogP contribution in [0.3, 0.4) is 0 Å². The molecule has 4 unspecified atom stereocenters. The molecule has 2 aliphatic rings. The fourth-order valence-electron chi connectivity index (χ4n) is 3.79. The Hall–Kier alpha value is -0.130. The van der Waals surface area contributed by atoms with E-state index in [-0.39, 0.29) is 11.3 Å². The van der Waals surface area contributed by atoms with Gasteiger partial charge in [0.1, 0.15) is 0 Å². The first-order valence-corrected chi connectivity index (χ1v) is 9.40. The van der Waals surface area contributed by atoms with E-state index in [0.717, 1.165) is 38.5 Å². The molecule has 0 aromatic rings. The summed E-state index contributed by atoms with van der Waals surface area (Å²) in [6.45, 7) is 2.72. The number of nitrogens with one attached hydrogen (secondary N) is 1. The third kappa shape index (κ3) is 3.92. The number of aliphatic hydroxyl groups is 1. The van der Waals surface area contributed by atoms with Gasteiger partial charge in [0.25, 0.3) is 0 Å². The molecule has 0 radical (unpaired) electrons. The second kappa shape index (κ2) is 5.70. The molecule has 0 amide bonds. The predicted molar refractivity (Wildman–Crippen MR) is 76.9 cm³/mol.